The van der Waals surface area contributed by atoms with Gasteiger partial charge in [0.25, 0.3) is 0 Å². The smallest absolute Gasteiger partial charge is 0.322 e. The van der Waals surface area contributed by atoms with Gasteiger partial charge in [-0.1, -0.05) is 26.0 Å². The Kier molecular flexibility index (Phi) is 4.95. The Balaban J connectivity index is 2.29. The summed E-state index contributed by atoms with van der Waals surface area (Å²) in [4.78, 5) is 11.3. The van der Waals surface area contributed by atoms with Crippen LogP contribution in [-0.2, 0) is 14.8 Å². The molecule has 5 nitrogen and oxygen atoms in total. The molecule has 0 saturated carbocycles. The van der Waals surface area contributed by atoms with E-state index in [0.717, 1.165) is 16.3 Å². The number of benzene rings is 1. The van der Waals surface area contributed by atoms with Crippen molar-refractivity contribution >= 4 is 27.8 Å². The summed E-state index contributed by atoms with van der Waals surface area (Å²) in [6, 6.07) is 5.77. The molecule has 1 saturated heterocycles. The topological polar surface area (TPSA) is 74.7 Å². The highest BCUT2D eigenvalue weighted by atomic mass is 32.2. The summed E-state index contributed by atoms with van der Waals surface area (Å²) in [5.41, 5.74) is 1.09. The molecule has 0 aliphatic carbocycles. The monoisotopic (exact) mass is 329 g/mol. The van der Waals surface area contributed by atoms with Gasteiger partial charge >= 0.3 is 5.97 Å². The number of hydrogen-bond acceptors (Lipinski definition) is 4. The van der Waals surface area contributed by atoms with Crippen molar-refractivity contribution in [3.63, 3.8) is 0 Å². The summed E-state index contributed by atoms with van der Waals surface area (Å²) in [7, 11) is -3.75. The highest BCUT2D eigenvalue weighted by molar-refractivity contribution is 8.00. The summed E-state index contributed by atoms with van der Waals surface area (Å²) in [6.45, 7) is 4.16. The van der Waals surface area contributed by atoms with Gasteiger partial charge in [-0.3, -0.25) is 4.79 Å². The average molecular weight is 329 g/mol. The molecule has 7 heteroatoms. The minimum Gasteiger partial charge on any atom is -0.480 e. The van der Waals surface area contributed by atoms with Crippen molar-refractivity contribution in [3.05, 3.63) is 29.8 Å². The summed E-state index contributed by atoms with van der Waals surface area (Å²) >= 11 is 1.32. The van der Waals surface area contributed by atoms with Crippen LogP contribution in [0.1, 0.15) is 31.7 Å². The van der Waals surface area contributed by atoms with Gasteiger partial charge in [-0.05, 0) is 30.0 Å². The highest BCUT2D eigenvalue weighted by Crippen LogP contribution is 2.29. The van der Waals surface area contributed by atoms with Gasteiger partial charge in [-0.15, -0.1) is 11.8 Å². The molecule has 2 atom stereocenters. The molecule has 1 heterocycles. The molecular weight excluding hydrogens is 310 g/mol. The molecule has 21 heavy (non-hydrogen) atoms. The Bertz CT molecular complexity index is 612. The third-order valence-electron chi connectivity index (χ3n) is 3.80. The fourth-order valence-electron chi connectivity index (χ4n) is 2.20. The lowest BCUT2D eigenvalue weighted by Gasteiger charge is -2.20. The number of hydrogen-bond donors (Lipinski definition) is 1. The summed E-state index contributed by atoms with van der Waals surface area (Å²) in [6.07, 6.45) is 0.982. The predicted octanol–water partition coefficient (Wildman–Crippen LogP) is 2.35. The van der Waals surface area contributed by atoms with Crippen LogP contribution in [0.5, 0.6) is 0 Å². The van der Waals surface area contributed by atoms with Crippen molar-refractivity contribution in [1.82, 2.24) is 4.31 Å². The second kappa shape index (κ2) is 6.37. The van der Waals surface area contributed by atoms with Crippen molar-refractivity contribution in [1.29, 1.82) is 0 Å². The van der Waals surface area contributed by atoms with Crippen molar-refractivity contribution in [2.45, 2.75) is 37.1 Å². The number of thioether (sulfide) groups is 1. The molecule has 0 bridgehead atoms. The minimum absolute atomic E-state index is 0.156. The van der Waals surface area contributed by atoms with Crippen LogP contribution in [0.15, 0.2) is 29.2 Å². The maximum Gasteiger partial charge on any atom is 0.322 e. The van der Waals surface area contributed by atoms with Crippen LogP contribution < -0.4 is 0 Å². The van der Waals surface area contributed by atoms with Gasteiger partial charge in [0.1, 0.15) is 6.04 Å². The van der Waals surface area contributed by atoms with Crippen LogP contribution in [0, 0.1) is 0 Å². The number of sulfonamides is 1. The van der Waals surface area contributed by atoms with Crippen LogP contribution in [0.25, 0.3) is 0 Å². The molecule has 1 aliphatic rings. The number of rotatable bonds is 5. The summed E-state index contributed by atoms with van der Waals surface area (Å²) in [5.74, 6) is -0.248. The molecule has 1 aromatic carbocycles. The van der Waals surface area contributed by atoms with Gasteiger partial charge in [0.05, 0.1) is 10.8 Å². The zero-order chi connectivity index (χ0) is 15.6. The first kappa shape index (κ1) is 16.3. The Hall–Kier alpha value is -1.05. The third-order valence-corrected chi connectivity index (χ3v) is 6.84. The Morgan fingerprint density at radius 2 is 2.05 bits per heavy atom. The number of carboxylic acid groups (broad SMARTS) is 1. The standard InChI is InChI=1S/C14H19NO4S2/c1-3-10(2)11-4-6-12(7-5-11)21(18,19)15-9-20-8-13(15)14(16)17/h4-7,10,13H,3,8-9H2,1-2H3,(H,16,17)/t10?,13-/m0/s1. The first-order chi connectivity index (χ1) is 9.87. The molecule has 1 aromatic rings. The van der Waals surface area contributed by atoms with Gasteiger partial charge in [0.15, 0.2) is 0 Å². The van der Waals surface area contributed by atoms with E-state index < -0.39 is 22.0 Å². The molecule has 116 valence electrons. The molecule has 0 amide bonds. The molecule has 1 N–H and O–H groups in total. The van der Waals surface area contributed by atoms with Gasteiger partial charge in [-0.25, -0.2) is 8.42 Å². The fourth-order valence-corrected chi connectivity index (χ4v) is 5.33. The van der Waals surface area contributed by atoms with E-state index in [1.807, 2.05) is 0 Å². The first-order valence-electron chi connectivity index (χ1n) is 6.80. The van der Waals surface area contributed by atoms with Crippen molar-refractivity contribution in [2.75, 3.05) is 11.6 Å². The quantitative estimate of drug-likeness (QED) is 0.897. The van der Waals surface area contributed by atoms with Crippen molar-refractivity contribution in [3.8, 4) is 0 Å². The zero-order valence-electron chi connectivity index (χ0n) is 12.0. The molecule has 1 aliphatic heterocycles. The summed E-state index contributed by atoms with van der Waals surface area (Å²) < 4.78 is 26.2. The summed E-state index contributed by atoms with van der Waals surface area (Å²) in [5, 5.41) is 9.12. The van der Waals surface area contributed by atoms with Crippen LogP contribution in [0.4, 0.5) is 0 Å². The van der Waals surface area contributed by atoms with Crippen LogP contribution >= 0.6 is 11.8 Å². The lowest BCUT2D eigenvalue weighted by molar-refractivity contribution is -0.140. The van der Waals surface area contributed by atoms with Gasteiger partial charge < -0.3 is 5.11 Å². The molecule has 0 radical (unpaired) electrons. The fraction of sp³-hybridized carbons (Fsp3) is 0.500. The maximum atomic E-state index is 12.5. The van der Waals surface area contributed by atoms with E-state index in [9.17, 15) is 13.2 Å². The van der Waals surface area contributed by atoms with Crippen LogP contribution in [0.3, 0.4) is 0 Å². The average Bonchev–Trinajstić information content (AvgIpc) is 2.97. The minimum atomic E-state index is -3.75. The van der Waals surface area contributed by atoms with E-state index in [0.29, 0.717) is 11.7 Å². The lowest BCUT2D eigenvalue weighted by Crippen LogP contribution is -2.41. The molecule has 0 spiro atoms. The second-order valence-corrected chi connectivity index (χ2v) is 8.01. The Morgan fingerprint density at radius 1 is 1.43 bits per heavy atom. The van der Waals surface area contributed by atoms with E-state index in [-0.39, 0.29) is 10.8 Å². The largest absolute Gasteiger partial charge is 0.480 e. The molecule has 2 rings (SSSR count). The van der Waals surface area contributed by atoms with E-state index in [1.54, 1.807) is 24.3 Å². The Labute approximate surface area is 129 Å². The number of carbonyl (C=O) groups is 1. The van der Waals surface area contributed by atoms with E-state index in [2.05, 4.69) is 13.8 Å². The van der Waals surface area contributed by atoms with Crippen LogP contribution in [0.2, 0.25) is 0 Å². The second-order valence-electron chi connectivity index (χ2n) is 5.12. The SMILES string of the molecule is CCC(C)c1ccc(S(=O)(=O)N2CSC[C@H]2C(=O)O)cc1. The van der Waals surface area contributed by atoms with Gasteiger partial charge in [-0.2, -0.15) is 4.31 Å². The van der Waals surface area contributed by atoms with E-state index in [1.165, 1.54) is 11.8 Å². The maximum absolute atomic E-state index is 12.5. The number of aliphatic carboxylic acids is 1. The van der Waals surface area contributed by atoms with Gasteiger partial charge in [0, 0.05) is 5.75 Å². The molecule has 1 fully saturated rings. The number of carboxylic acids is 1. The zero-order valence-corrected chi connectivity index (χ0v) is 13.7. The molecule has 0 aromatic heterocycles. The lowest BCUT2D eigenvalue weighted by atomic mass is 9.99. The Morgan fingerprint density at radius 3 is 2.57 bits per heavy atom. The van der Waals surface area contributed by atoms with Crippen molar-refractivity contribution in [2.24, 2.45) is 0 Å². The third kappa shape index (κ3) is 3.25. The van der Waals surface area contributed by atoms with E-state index >= 15 is 0 Å². The van der Waals surface area contributed by atoms with Crippen molar-refractivity contribution < 1.29 is 18.3 Å². The predicted molar refractivity (Wildman–Crippen MR) is 82.9 cm³/mol. The first-order valence-corrected chi connectivity index (χ1v) is 9.39. The molecule has 1 unspecified atom stereocenters. The van der Waals surface area contributed by atoms with E-state index in [4.69, 9.17) is 5.11 Å². The normalized spacial score (nSPS) is 21.3. The molecular formula is C14H19NO4S2. The highest BCUT2D eigenvalue weighted by Gasteiger charge is 2.39. The van der Waals surface area contributed by atoms with Crippen LogP contribution in [-0.4, -0.2) is 41.5 Å². The van der Waals surface area contributed by atoms with Gasteiger partial charge in [0.2, 0.25) is 10.0 Å². The number of nitrogens with zero attached hydrogens (tertiary/aromatic N) is 1.